The second-order valence-corrected chi connectivity index (χ2v) is 5.42. The monoisotopic (exact) mass is 275 g/mol. The summed E-state index contributed by atoms with van der Waals surface area (Å²) in [5, 5.41) is 0.452. The third kappa shape index (κ3) is 3.57. The minimum absolute atomic E-state index is 0.210. The van der Waals surface area contributed by atoms with Crippen molar-refractivity contribution >= 4 is 23.2 Å². The molecule has 1 saturated heterocycles. The van der Waals surface area contributed by atoms with Gasteiger partial charge >= 0.3 is 0 Å². The van der Waals surface area contributed by atoms with E-state index in [1.165, 1.54) is 12.5 Å². The number of likely N-dealkylation sites (tertiary alicyclic amines) is 1. The van der Waals surface area contributed by atoms with Crippen molar-refractivity contribution in [3.8, 4) is 0 Å². The summed E-state index contributed by atoms with van der Waals surface area (Å²) in [6.07, 6.45) is 2.23. The highest BCUT2D eigenvalue weighted by Crippen LogP contribution is 2.23. The van der Waals surface area contributed by atoms with Crippen molar-refractivity contribution in [2.75, 3.05) is 19.0 Å². The minimum atomic E-state index is -0.210. The standard InChI is InChI=1S/C13H16Cl2FN/c14-5-3-10-4-6-17(8-10)9-11-1-2-12(15)7-13(11)16/h1-2,7,10H,3-6,8-9H2. The number of hydrogen-bond acceptors (Lipinski definition) is 1. The van der Waals surface area contributed by atoms with E-state index in [-0.39, 0.29) is 5.82 Å². The summed E-state index contributed by atoms with van der Waals surface area (Å²) in [4.78, 5) is 2.28. The fourth-order valence-corrected chi connectivity index (χ4v) is 2.80. The number of halogens is 3. The van der Waals surface area contributed by atoms with Gasteiger partial charge in [0.05, 0.1) is 0 Å². The summed E-state index contributed by atoms with van der Waals surface area (Å²) >= 11 is 11.5. The smallest absolute Gasteiger partial charge is 0.129 e. The van der Waals surface area contributed by atoms with Gasteiger partial charge in [-0.3, -0.25) is 4.90 Å². The van der Waals surface area contributed by atoms with Crippen molar-refractivity contribution < 1.29 is 4.39 Å². The molecule has 1 unspecified atom stereocenters. The molecule has 94 valence electrons. The van der Waals surface area contributed by atoms with Gasteiger partial charge in [0.2, 0.25) is 0 Å². The number of alkyl halides is 1. The van der Waals surface area contributed by atoms with Gasteiger partial charge < -0.3 is 0 Å². The molecule has 0 N–H and O–H groups in total. The zero-order chi connectivity index (χ0) is 12.3. The molecule has 2 rings (SSSR count). The Balaban J connectivity index is 1.93. The molecule has 1 aliphatic rings. The summed E-state index contributed by atoms with van der Waals surface area (Å²) in [6, 6.07) is 4.89. The molecule has 1 atom stereocenters. The molecule has 4 heteroatoms. The third-order valence-electron chi connectivity index (χ3n) is 3.30. The molecule has 0 bridgehead atoms. The SMILES string of the molecule is Fc1cc(Cl)ccc1CN1CCC(CCCl)C1. The lowest BCUT2D eigenvalue weighted by molar-refractivity contribution is 0.310. The Hall–Kier alpha value is -0.310. The Morgan fingerprint density at radius 2 is 2.24 bits per heavy atom. The van der Waals surface area contributed by atoms with Crippen LogP contribution in [0.5, 0.6) is 0 Å². The maximum absolute atomic E-state index is 13.6. The molecule has 0 spiro atoms. The average Bonchev–Trinajstić information content (AvgIpc) is 2.71. The van der Waals surface area contributed by atoms with Gasteiger partial charge in [-0.1, -0.05) is 17.7 Å². The Bertz CT molecular complexity index is 384. The lowest BCUT2D eigenvalue weighted by Gasteiger charge is -2.16. The van der Waals surface area contributed by atoms with E-state index in [1.54, 1.807) is 12.1 Å². The van der Waals surface area contributed by atoms with Crippen LogP contribution in [0.25, 0.3) is 0 Å². The van der Waals surface area contributed by atoms with Gasteiger partial charge in [0.1, 0.15) is 5.82 Å². The molecular weight excluding hydrogens is 260 g/mol. The first kappa shape index (κ1) is 13.1. The normalized spacial score (nSPS) is 21.0. The summed E-state index contributed by atoms with van der Waals surface area (Å²) < 4.78 is 13.6. The first-order chi connectivity index (χ1) is 8.19. The van der Waals surface area contributed by atoms with E-state index < -0.39 is 0 Å². The molecule has 1 aromatic rings. The van der Waals surface area contributed by atoms with E-state index in [4.69, 9.17) is 23.2 Å². The van der Waals surface area contributed by atoms with Crippen LogP contribution in [0, 0.1) is 11.7 Å². The van der Waals surface area contributed by atoms with Crippen molar-refractivity contribution in [2.45, 2.75) is 19.4 Å². The minimum Gasteiger partial charge on any atom is -0.299 e. The maximum Gasteiger partial charge on any atom is 0.129 e. The van der Waals surface area contributed by atoms with Crippen LogP contribution in [0.3, 0.4) is 0 Å². The Labute approximate surface area is 112 Å². The molecule has 0 saturated carbocycles. The highest BCUT2D eigenvalue weighted by Gasteiger charge is 2.22. The molecule has 0 aliphatic carbocycles. The molecular formula is C13H16Cl2FN. The largest absolute Gasteiger partial charge is 0.299 e. The number of benzene rings is 1. The second-order valence-electron chi connectivity index (χ2n) is 4.60. The molecule has 1 aliphatic heterocycles. The topological polar surface area (TPSA) is 3.24 Å². The van der Waals surface area contributed by atoms with Gasteiger partial charge in [-0.05, 0) is 37.4 Å². The van der Waals surface area contributed by atoms with Crippen molar-refractivity contribution in [3.63, 3.8) is 0 Å². The second kappa shape index (κ2) is 6.03. The van der Waals surface area contributed by atoms with Crippen LogP contribution in [-0.4, -0.2) is 23.9 Å². The molecule has 17 heavy (non-hydrogen) atoms. The third-order valence-corrected chi connectivity index (χ3v) is 3.75. The van der Waals surface area contributed by atoms with Crippen molar-refractivity contribution in [1.82, 2.24) is 4.90 Å². The van der Waals surface area contributed by atoms with E-state index in [1.807, 2.05) is 0 Å². The van der Waals surface area contributed by atoms with Crippen LogP contribution in [-0.2, 0) is 6.54 Å². The Morgan fingerprint density at radius 1 is 1.41 bits per heavy atom. The van der Waals surface area contributed by atoms with Crippen LogP contribution in [0.4, 0.5) is 4.39 Å². The van der Waals surface area contributed by atoms with Gasteiger partial charge in [-0.15, -0.1) is 11.6 Å². The van der Waals surface area contributed by atoms with Gasteiger partial charge in [0, 0.05) is 29.6 Å². The fraction of sp³-hybridized carbons (Fsp3) is 0.538. The summed E-state index contributed by atoms with van der Waals surface area (Å²) in [5.74, 6) is 1.18. The summed E-state index contributed by atoms with van der Waals surface area (Å²) in [7, 11) is 0. The summed E-state index contributed by atoms with van der Waals surface area (Å²) in [6.45, 7) is 2.72. The first-order valence-electron chi connectivity index (χ1n) is 5.91. The predicted octanol–water partition coefficient (Wildman–Crippen LogP) is 3.93. The quantitative estimate of drug-likeness (QED) is 0.753. The van der Waals surface area contributed by atoms with Crippen LogP contribution in [0.1, 0.15) is 18.4 Å². The lowest BCUT2D eigenvalue weighted by atomic mass is 10.1. The Morgan fingerprint density at radius 3 is 2.94 bits per heavy atom. The van der Waals surface area contributed by atoms with E-state index in [2.05, 4.69) is 4.90 Å². The van der Waals surface area contributed by atoms with E-state index >= 15 is 0 Å². The fourth-order valence-electron chi connectivity index (χ4n) is 2.34. The van der Waals surface area contributed by atoms with Crippen LogP contribution < -0.4 is 0 Å². The zero-order valence-electron chi connectivity index (χ0n) is 9.63. The van der Waals surface area contributed by atoms with Gasteiger partial charge in [-0.2, -0.15) is 0 Å². The zero-order valence-corrected chi connectivity index (χ0v) is 11.1. The molecule has 0 aromatic heterocycles. The van der Waals surface area contributed by atoms with Crippen LogP contribution >= 0.6 is 23.2 Å². The van der Waals surface area contributed by atoms with Gasteiger partial charge in [-0.25, -0.2) is 4.39 Å². The molecule has 1 fully saturated rings. The molecule has 0 amide bonds. The number of nitrogens with zero attached hydrogens (tertiary/aromatic N) is 1. The predicted molar refractivity (Wildman–Crippen MR) is 70.1 cm³/mol. The van der Waals surface area contributed by atoms with E-state index in [0.29, 0.717) is 23.4 Å². The molecule has 1 heterocycles. The number of hydrogen-bond donors (Lipinski definition) is 0. The molecule has 1 aromatic carbocycles. The van der Waals surface area contributed by atoms with Crippen LogP contribution in [0.15, 0.2) is 18.2 Å². The Kier molecular flexibility index (Phi) is 4.66. The molecule has 0 radical (unpaired) electrons. The van der Waals surface area contributed by atoms with Crippen molar-refractivity contribution in [1.29, 1.82) is 0 Å². The van der Waals surface area contributed by atoms with Gasteiger partial charge in [0.25, 0.3) is 0 Å². The highest BCUT2D eigenvalue weighted by molar-refractivity contribution is 6.30. The summed E-state index contributed by atoms with van der Waals surface area (Å²) in [5.41, 5.74) is 0.723. The lowest BCUT2D eigenvalue weighted by Crippen LogP contribution is -2.20. The highest BCUT2D eigenvalue weighted by atomic mass is 35.5. The van der Waals surface area contributed by atoms with Crippen molar-refractivity contribution in [3.05, 3.63) is 34.6 Å². The maximum atomic E-state index is 13.6. The average molecular weight is 276 g/mol. The van der Waals surface area contributed by atoms with Gasteiger partial charge in [0.15, 0.2) is 0 Å². The van der Waals surface area contributed by atoms with E-state index in [9.17, 15) is 4.39 Å². The number of rotatable bonds is 4. The first-order valence-corrected chi connectivity index (χ1v) is 6.82. The molecule has 1 nitrogen and oxygen atoms in total. The van der Waals surface area contributed by atoms with E-state index in [0.717, 1.165) is 25.1 Å². The van der Waals surface area contributed by atoms with Crippen molar-refractivity contribution in [2.24, 2.45) is 5.92 Å². The van der Waals surface area contributed by atoms with Crippen LogP contribution in [0.2, 0.25) is 5.02 Å².